The minimum atomic E-state index is -1.01. The van der Waals surface area contributed by atoms with Crippen molar-refractivity contribution in [2.75, 3.05) is 26.3 Å². The summed E-state index contributed by atoms with van der Waals surface area (Å²) in [6.45, 7) is 8.74. The van der Waals surface area contributed by atoms with Gasteiger partial charge in [0.25, 0.3) is 0 Å². The number of carbonyl (C=O) groups excluding carboxylic acids is 3. The lowest BCUT2D eigenvalue weighted by molar-refractivity contribution is -0.160. The first-order valence-electron chi connectivity index (χ1n) is 13.5. The zero-order valence-electron chi connectivity index (χ0n) is 21.4. The molecule has 4 aliphatic rings. The van der Waals surface area contributed by atoms with Crippen LogP contribution in [-0.4, -0.2) is 82.3 Å². The van der Waals surface area contributed by atoms with E-state index in [0.29, 0.717) is 38.8 Å². The third-order valence-electron chi connectivity index (χ3n) is 8.73. The van der Waals surface area contributed by atoms with E-state index >= 15 is 0 Å². The van der Waals surface area contributed by atoms with E-state index in [-0.39, 0.29) is 31.1 Å². The zero-order valence-corrected chi connectivity index (χ0v) is 21.4. The van der Waals surface area contributed by atoms with Crippen LogP contribution in [-0.2, 0) is 23.9 Å². The molecular formula is C27H42N2O6. The summed E-state index contributed by atoms with van der Waals surface area (Å²) in [4.78, 5) is 45.0. The van der Waals surface area contributed by atoms with Crippen LogP contribution in [0.3, 0.4) is 0 Å². The Morgan fingerprint density at radius 2 is 1.97 bits per heavy atom. The maximum atomic E-state index is 14.4. The molecule has 0 aromatic carbocycles. The number of hydrogen-bond donors (Lipinski definition) is 1. The van der Waals surface area contributed by atoms with Crippen molar-refractivity contribution in [1.82, 2.24) is 9.80 Å². The van der Waals surface area contributed by atoms with Crippen LogP contribution in [0, 0.1) is 11.8 Å². The smallest absolute Gasteiger partial charge is 0.312 e. The van der Waals surface area contributed by atoms with Crippen molar-refractivity contribution < 1.29 is 29.0 Å². The molecule has 1 saturated carbocycles. The highest BCUT2D eigenvalue weighted by atomic mass is 16.6. The van der Waals surface area contributed by atoms with Crippen molar-refractivity contribution >= 4 is 17.8 Å². The molecule has 196 valence electrons. The molecule has 2 unspecified atom stereocenters. The van der Waals surface area contributed by atoms with Gasteiger partial charge in [0.05, 0.1) is 18.1 Å². The zero-order chi connectivity index (χ0) is 25.2. The lowest BCUT2D eigenvalue weighted by Crippen LogP contribution is -2.58. The van der Waals surface area contributed by atoms with Gasteiger partial charge in [-0.2, -0.15) is 0 Å². The lowest BCUT2D eigenvalue weighted by atomic mass is 9.66. The van der Waals surface area contributed by atoms with Crippen molar-refractivity contribution in [2.24, 2.45) is 11.8 Å². The second kappa shape index (κ2) is 10.6. The highest BCUT2D eigenvalue weighted by Gasteiger charge is 2.78. The number of unbranched alkanes of at least 4 members (excludes halogenated alkanes) is 2. The van der Waals surface area contributed by atoms with Crippen LogP contribution in [0.5, 0.6) is 0 Å². The molecule has 3 aliphatic heterocycles. The second-order valence-electron chi connectivity index (χ2n) is 10.9. The van der Waals surface area contributed by atoms with Gasteiger partial charge in [-0.3, -0.25) is 14.4 Å². The van der Waals surface area contributed by atoms with Gasteiger partial charge in [-0.25, -0.2) is 0 Å². The molecule has 1 spiro atoms. The van der Waals surface area contributed by atoms with E-state index in [2.05, 4.69) is 6.58 Å². The number of rotatable bonds is 11. The highest BCUT2D eigenvalue weighted by Crippen LogP contribution is 2.63. The van der Waals surface area contributed by atoms with E-state index in [0.717, 1.165) is 32.1 Å². The molecule has 4 rings (SSSR count). The summed E-state index contributed by atoms with van der Waals surface area (Å²) in [6, 6.07) is -0.622. The van der Waals surface area contributed by atoms with E-state index < -0.39 is 35.0 Å². The Balaban J connectivity index is 1.70. The second-order valence-corrected chi connectivity index (χ2v) is 10.9. The molecule has 3 saturated heterocycles. The van der Waals surface area contributed by atoms with E-state index in [1.54, 1.807) is 17.9 Å². The molecule has 1 aliphatic carbocycles. The van der Waals surface area contributed by atoms with Gasteiger partial charge in [0.15, 0.2) is 0 Å². The van der Waals surface area contributed by atoms with Crippen LogP contribution >= 0.6 is 0 Å². The van der Waals surface area contributed by atoms with Crippen LogP contribution in [0.25, 0.3) is 0 Å². The summed E-state index contributed by atoms with van der Waals surface area (Å²) in [6.07, 6.45) is 10.3. The van der Waals surface area contributed by atoms with Crippen LogP contribution in [0.1, 0.15) is 78.1 Å². The van der Waals surface area contributed by atoms with Crippen LogP contribution in [0.4, 0.5) is 0 Å². The molecule has 5 atom stereocenters. The van der Waals surface area contributed by atoms with Gasteiger partial charge in [-0.15, -0.1) is 6.58 Å². The lowest BCUT2D eigenvalue weighted by Gasteiger charge is -2.40. The van der Waals surface area contributed by atoms with Crippen molar-refractivity contribution in [2.45, 2.75) is 101 Å². The Morgan fingerprint density at radius 1 is 1.23 bits per heavy atom. The number of amides is 2. The number of aliphatic hydroxyl groups excluding tert-OH is 1. The summed E-state index contributed by atoms with van der Waals surface area (Å²) in [5, 5.41) is 9.20. The predicted molar refractivity (Wildman–Crippen MR) is 130 cm³/mol. The van der Waals surface area contributed by atoms with E-state index in [4.69, 9.17) is 9.47 Å². The summed E-state index contributed by atoms with van der Waals surface area (Å²) < 4.78 is 12.0. The van der Waals surface area contributed by atoms with E-state index in [1.807, 2.05) is 11.8 Å². The molecular weight excluding hydrogens is 448 g/mol. The molecule has 1 N–H and O–H groups in total. The van der Waals surface area contributed by atoms with Crippen molar-refractivity contribution in [3.05, 3.63) is 12.7 Å². The Bertz CT molecular complexity index is 826. The first-order chi connectivity index (χ1) is 16.8. The molecule has 4 fully saturated rings. The van der Waals surface area contributed by atoms with Gasteiger partial charge >= 0.3 is 5.97 Å². The fourth-order valence-corrected chi connectivity index (χ4v) is 7.21. The number of nitrogens with zero attached hydrogens (tertiary/aromatic N) is 2. The Morgan fingerprint density at radius 3 is 2.63 bits per heavy atom. The summed E-state index contributed by atoms with van der Waals surface area (Å²) >= 11 is 0. The quantitative estimate of drug-likeness (QED) is 0.272. The summed E-state index contributed by atoms with van der Waals surface area (Å²) in [5.74, 6) is -2.06. The fourth-order valence-electron chi connectivity index (χ4n) is 7.21. The minimum absolute atomic E-state index is 0.0800. The van der Waals surface area contributed by atoms with Crippen LogP contribution < -0.4 is 0 Å². The topological polar surface area (TPSA) is 96.4 Å². The van der Waals surface area contributed by atoms with Gasteiger partial charge in [-0.05, 0) is 58.8 Å². The minimum Gasteiger partial charge on any atom is -0.466 e. The molecule has 0 aromatic rings. The maximum absolute atomic E-state index is 14.4. The first kappa shape index (κ1) is 26.1. The van der Waals surface area contributed by atoms with Gasteiger partial charge in [0.2, 0.25) is 11.8 Å². The predicted octanol–water partition coefficient (Wildman–Crippen LogP) is 2.82. The fraction of sp³-hybridized carbons (Fsp3) is 0.815. The number of ether oxygens (including phenoxy) is 2. The number of likely N-dealkylation sites (tertiary alicyclic amines) is 1. The molecule has 0 aromatic heterocycles. The standard InChI is InChI=1S/C27H42N2O6/c1-4-16-28(19-12-8-6-9-13-19)24(32)22-27-15-14-26(3,35-27)21(25(33)34-5-2)20(27)23(31)29(22)17-10-7-11-18-30/h4,19-22,30H,1,5-18H2,2-3H3/t20-,21+,22?,26-,27?/m0/s1. The van der Waals surface area contributed by atoms with Gasteiger partial charge in [-0.1, -0.05) is 25.3 Å². The molecule has 3 heterocycles. The molecule has 8 nitrogen and oxygen atoms in total. The number of aliphatic hydroxyl groups is 1. The van der Waals surface area contributed by atoms with Crippen LogP contribution in [0.15, 0.2) is 12.7 Å². The van der Waals surface area contributed by atoms with Crippen molar-refractivity contribution in [1.29, 1.82) is 0 Å². The normalized spacial score (nSPS) is 34.2. The molecule has 0 radical (unpaired) electrons. The Labute approximate surface area is 209 Å². The number of hydrogen-bond acceptors (Lipinski definition) is 6. The SMILES string of the molecule is C=CCN(C(=O)C1N(CCCCCO)C(=O)[C@@H]2[C@H](C(=O)OCC)[C@]3(C)CCC12O3)C1CCCCC1. The highest BCUT2D eigenvalue weighted by molar-refractivity contribution is 5.98. The number of esters is 1. The number of carbonyl (C=O) groups is 3. The molecule has 35 heavy (non-hydrogen) atoms. The summed E-state index contributed by atoms with van der Waals surface area (Å²) in [7, 11) is 0. The van der Waals surface area contributed by atoms with Gasteiger partial charge < -0.3 is 24.4 Å². The molecule has 2 bridgehead atoms. The largest absolute Gasteiger partial charge is 0.466 e. The number of fused-ring (bicyclic) bond motifs is 1. The van der Waals surface area contributed by atoms with Gasteiger partial charge in [0, 0.05) is 25.7 Å². The summed E-state index contributed by atoms with van der Waals surface area (Å²) in [5.41, 5.74) is -1.81. The molecule has 8 heteroatoms. The Kier molecular flexibility index (Phi) is 7.91. The maximum Gasteiger partial charge on any atom is 0.312 e. The Hall–Kier alpha value is -1.93. The van der Waals surface area contributed by atoms with E-state index in [1.165, 1.54) is 6.42 Å². The van der Waals surface area contributed by atoms with Crippen molar-refractivity contribution in [3.8, 4) is 0 Å². The monoisotopic (exact) mass is 490 g/mol. The molecule has 2 amide bonds. The van der Waals surface area contributed by atoms with E-state index in [9.17, 15) is 19.5 Å². The first-order valence-corrected chi connectivity index (χ1v) is 13.5. The third-order valence-corrected chi connectivity index (χ3v) is 8.73. The average molecular weight is 491 g/mol. The van der Waals surface area contributed by atoms with Gasteiger partial charge in [0.1, 0.15) is 17.6 Å². The average Bonchev–Trinajstić information content (AvgIpc) is 3.41. The third kappa shape index (κ3) is 4.41. The van der Waals surface area contributed by atoms with Crippen LogP contribution in [0.2, 0.25) is 0 Å². The van der Waals surface area contributed by atoms with Crippen molar-refractivity contribution in [3.63, 3.8) is 0 Å².